The third kappa shape index (κ3) is 3.00. The first-order valence-electron chi connectivity index (χ1n) is 6.60. The van der Waals surface area contributed by atoms with Gasteiger partial charge in [-0.15, -0.1) is 0 Å². The first-order chi connectivity index (χ1) is 10.3. The van der Waals surface area contributed by atoms with E-state index >= 15 is 0 Å². The highest BCUT2D eigenvalue weighted by Crippen LogP contribution is 2.24. The largest absolute Gasteiger partial charge is 0.493 e. The van der Waals surface area contributed by atoms with Gasteiger partial charge in [0.2, 0.25) is 0 Å². The van der Waals surface area contributed by atoms with Crippen molar-refractivity contribution in [2.45, 2.75) is 0 Å². The van der Waals surface area contributed by atoms with Gasteiger partial charge in [-0.2, -0.15) is 0 Å². The summed E-state index contributed by atoms with van der Waals surface area (Å²) in [6, 6.07) is 16.9. The Bertz CT molecular complexity index is 809. The number of benzene rings is 2. The molecule has 1 heterocycles. The number of alkyl halides is 1. The van der Waals surface area contributed by atoms with Gasteiger partial charge in [-0.25, -0.2) is 4.79 Å². The van der Waals surface area contributed by atoms with E-state index in [4.69, 9.17) is 9.15 Å². The third-order valence-electron chi connectivity index (χ3n) is 3.14. The van der Waals surface area contributed by atoms with Crippen molar-refractivity contribution in [1.82, 2.24) is 0 Å². The molecule has 3 nitrogen and oxygen atoms in total. The van der Waals surface area contributed by atoms with Gasteiger partial charge in [-0.1, -0.05) is 46.3 Å². The molecule has 21 heavy (non-hydrogen) atoms. The van der Waals surface area contributed by atoms with Crippen LogP contribution in [-0.4, -0.2) is 11.9 Å². The van der Waals surface area contributed by atoms with E-state index in [0.29, 0.717) is 23.5 Å². The highest BCUT2D eigenvalue weighted by Gasteiger charge is 2.08. The van der Waals surface area contributed by atoms with Crippen LogP contribution in [-0.2, 0) is 0 Å². The topological polar surface area (TPSA) is 39.4 Å². The molecule has 2 aromatic carbocycles. The SMILES string of the molecule is O=c1oc2cc(OCCBr)ccc2cc1-c1ccccc1. The predicted molar refractivity (Wildman–Crippen MR) is 87.2 cm³/mol. The molecule has 0 aliphatic heterocycles. The van der Waals surface area contributed by atoms with Crippen LogP contribution in [0.25, 0.3) is 22.1 Å². The van der Waals surface area contributed by atoms with Gasteiger partial charge in [0.15, 0.2) is 0 Å². The van der Waals surface area contributed by atoms with Gasteiger partial charge in [0.1, 0.15) is 11.3 Å². The fourth-order valence-electron chi connectivity index (χ4n) is 2.16. The average Bonchev–Trinajstić information content (AvgIpc) is 2.53. The quantitative estimate of drug-likeness (QED) is 0.525. The Balaban J connectivity index is 2.07. The fraction of sp³-hybridized carbons (Fsp3) is 0.118. The second-order valence-electron chi connectivity index (χ2n) is 4.55. The summed E-state index contributed by atoms with van der Waals surface area (Å²) in [6.07, 6.45) is 0. The Labute approximate surface area is 130 Å². The minimum absolute atomic E-state index is 0.341. The monoisotopic (exact) mass is 344 g/mol. The second kappa shape index (κ2) is 6.14. The van der Waals surface area contributed by atoms with E-state index in [1.807, 2.05) is 48.5 Å². The summed E-state index contributed by atoms with van der Waals surface area (Å²) in [7, 11) is 0. The molecule has 0 saturated carbocycles. The lowest BCUT2D eigenvalue weighted by atomic mass is 10.1. The standard InChI is InChI=1S/C17H13BrO3/c18-8-9-20-14-7-6-13-10-15(12-4-2-1-3-5-12)17(19)21-16(13)11-14/h1-7,10-11H,8-9H2. The maximum absolute atomic E-state index is 12.1. The number of halogens is 1. The van der Waals surface area contributed by atoms with Crippen LogP contribution in [0, 0.1) is 0 Å². The normalized spacial score (nSPS) is 10.7. The Morgan fingerprint density at radius 1 is 1.05 bits per heavy atom. The van der Waals surface area contributed by atoms with Crippen LogP contribution in [0.15, 0.2) is 63.8 Å². The number of fused-ring (bicyclic) bond motifs is 1. The van der Waals surface area contributed by atoms with Crippen LogP contribution in [0.5, 0.6) is 5.75 Å². The van der Waals surface area contributed by atoms with Crippen LogP contribution in [0.3, 0.4) is 0 Å². The van der Waals surface area contributed by atoms with Crippen LogP contribution in [0.2, 0.25) is 0 Å². The summed E-state index contributed by atoms with van der Waals surface area (Å²) in [4.78, 5) is 12.1. The average molecular weight is 345 g/mol. The minimum atomic E-state index is -0.341. The molecule has 3 rings (SSSR count). The Kier molecular flexibility index (Phi) is 4.06. The molecular weight excluding hydrogens is 332 g/mol. The molecule has 0 atom stereocenters. The lowest BCUT2D eigenvalue weighted by Gasteiger charge is -2.06. The van der Waals surface area contributed by atoms with E-state index in [2.05, 4.69) is 15.9 Å². The molecule has 1 aromatic heterocycles. The maximum atomic E-state index is 12.1. The molecule has 0 bridgehead atoms. The molecule has 0 saturated heterocycles. The van der Waals surface area contributed by atoms with E-state index in [1.54, 1.807) is 6.07 Å². The van der Waals surface area contributed by atoms with Crippen molar-refractivity contribution in [3.05, 3.63) is 65.0 Å². The number of rotatable bonds is 4. The van der Waals surface area contributed by atoms with Crippen molar-refractivity contribution in [2.75, 3.05) is 11.9 Å². The highest BCUT2D eigenvalue weighted by atomic mass is 79.9. The molecule has 3 aromatic rings. The lowest BCUT2D eigenvalue weighted by molar-refractivity contribution is 0.345. The lowest BCUT2D eigenvalue weighted by Crippen LogP contribution is -2.03. The zero-order valence-corrected chi connectivity index (χ0v) is 12.8. The van der Waals surface area contributed by atoms with E-state index in [9.17, 15) is 4.79 Å². The summed E-state index contributed by atoms with van der Waals surface area (Å²) in [5, 5.41) is 1.63. The zero-order valence-electron chi connectivity index (χ0n) is 11.2. The summed E-state index contributed by atoms with van der Waals surface area (Å²) >= 11 is 3.31. The van der Waals surface area contributed by atoms with Gasteiger partial charge in [-0.3, -0.25) is 0 Å². The van der Waals surface area contributed by atoms with Crippen LogP contribution >= 0.6 is 15.9 Å². The number of ether oxygens (including phenoxy) is 1. The molecule has 4 heteroatoms. The third-order valence-corrected chi connectivity index (χ3v) is 3.46. The van der Waals surface area contributed by atoms with Gasteiger partial charge in [0.25, 0.3) is 0 Å². The van der Waals surface area contributed by atoms with Gasteiger partial charge in [0.05, 0.1) is 12.2 Å². The van der Waals surface area contributed by atoms with E-state index < -0.39 is 0 Å². The van der Waals surface area contributed by atoms with Crippen LogP contribution in [0.1, 0.15) is 0 Å². The molecule has 0 unspecified atom stereocenters. The molecule has 0 N–H and O–H groups in total. The van der Waals surface area contributed by atoms with Crippen molar-refractivity contribution in [2.24, 2.45) is 0 Å². The summed E-state index contributed by atoms with van der Waals surface area (Å²) < 4.78 is 10.9. The second-order valence-corrected chi connectivity index (χ2v) is 5.34. The first-order valence-corrected chi connectivity index (χ1v) is 7.72. The van der Waals surface area contributed by atoms with E-state index in [1.165, 1.54) is 0 Å². The summed E-state index contributed by atoms with van der Waals surface area (Å²) in [5.41, 5.74) is 1.61. The highest BCUT2D eigenvalue weighted by molar-refractivity contribution is 9.09. The van der Waals surface area contributed by atoms with Crippen LogP contribution < -0.4 is 10.4 Å². The molecular formula is C17H13BrO3. The van der Waals surface area contributed by atoms with Crippen molar-refractivity contribution in [3.63, 3.8) is 0 Å². The minimum Gasteiger partial charge on any atom is -0.493 e. The van der Waals surface area contributed by atoms with Gasteiger partial charge in [0, 0.05) is 16.8 Å². The first kappa shape index (κ1) is 13.9. The van der Waals surface area contributed by atoms with Crippen LogP contribution in [0.4, 0.5) is 0 Å². The number of hydrogen-bond donors (Lipinski definition) is 0. The van der Waals surface area contributed by atoms with Crippen molar-refractivity contribution in [3.8, 4) is 16.9 Å². The molecule has 0 aliphatic rings. The molecule has 0 radical (unpaired) electrons. The van der Waals surface area contributed by atoms with Gasteiger partial charge >= 0.3 is 5.63 Å². The molecule has 0 aliphatic carbocycles. The van der Waals surface area contributed by atoms with Crippen molar-refractivity contribution in [1.29, 1.82) is 0 Å². The number of hydrogen-bond acceptors (Lipinski definition) is 3. The summed E-state index contributed by atoms with van der Waals surface area (Å²) in [5.74, 6) is 0.692. The van der Waals surface area contributed by atoms with Gasteiger partial charge in [-0.05, 0) is 23.8 Å². The molecule has 0 fully saturated rings. The van der Waals surface area contributed by atoms with Gasteiger partial charge < -0.3 is 9.15 Å². The van der Waals surface area contributed by atoms with E-state index in [0.717, 1.165) is 16.3 Å². The maximum Gasteiger partial charge on any atom is 0.344 e. The Morgan fingerprint density at radius 2 is 1.86 bits per heavy atom. The van der Waals surface area contributed by atoms with Crippen molar-refractivity contribution < 1.29 is 9.15 Å². The Morgan fingerprint density at radius 3 is 2.62 bits per heavy atom. The molecule has 0 spiro atoms. The predicted octanol–water partition coefficient (Wildman–Crippen LogP) is 4.23. The molecule has 106 valence electrons. The van der Waals surface area contributed by atoms with Crippen molar-refractivity contribution >= 4 is 26.9 Å². The fourth-order valence-corrected chi connectivity index (χ4v) is 2.32. The van der Waals surface area contributed by atoms with E-state index in [-0.39, 0.29) is 5.63 Å². The molecule has 0 amide bonds. The summed E-state index contributed by atoms with van der Waals surface area (Å²) in [6.45, 7) is 0.567. The zero-order chi connectivity index (χ0) is 14.7. The Hall–Kier alpha value is -2.07. The smallest absolute Gasteiger partial charge is 0.344 e.